The van der Waals surface area contributed by atoms with Gasteiger partial charge in [-0.1, -0.05) is 46.9 Å². The van der Waals surface area contributed by atoms with Gasteiger partial charge in [0.25, 0.3) is 0 Å². The molecule has 6 heteroatoms. The van der Waals surface area contributed by atoms with Crippen molar-refractivity contribution in [1.29, 1.82) is 0 Å². The summed E-state index contributed by atoms with van der Waals surface area (Å²) >= 11 is 17.7. The van der Waals surface area contributed by atoms with Gasteiger partial charge in [0.05, 0.1) is 21.2 Å². The minimum Gasteiger partial charge on any atom is -0.452 e. The van der Waals surface area contributed by atoms with Crippen molar-refractivity contribution in [1.82, 2.24) is 0 Å². The van der Waals surface area contributed by atoms with E-state index in [-0.39, 0.29) is 26.6 Å². The van der Waals surface area contributed by atoms with Crippen molar-refractivity contribution in [2.24, 2.45) is 0 Å². The van der Waals surface area contributed by atoms with Crippen LogP contribution in [0.4, 0.5) is 4.39 Å². The van der Waals surface area contributed by atoms with Gasteiger partial charge in [0, 0.05) is 11.6 Å². The molecule has 1 N–H and O–H groups in total. The number of hydrogen-bond acceptors (Lipinski definition) is 2. The van der Waals surface area contributed by atoms with Gasteiger partial charge in [-0.3, -0.25) is 0 Å². The van der Waals surface area contributed by atoms with Gasteiger partial charge in [-0.15, -0.1) is 0 Å². The lowest BCUT2D eigenvalue weighted by atomic mass is 10.1. The molecule has 1 atom stereocenters. The minimum absolute atomic E-state index is 0.0946. The van der Waals surface area contributed by atoms with E-state index in [0.29, 0.717) is 5.56 Å². The standard InChI is InChI=1S/C14H10Cl3FO2/c1-7(19)8-3-2-4-12(18)14(8)20-13-6-10(16)9(15)5-11(13)17/h2-7,19H,1H3/t7-/m0/s1. The predicted molar refractivity (Wildman–Crippen MR) is 78.6 cm³/mol. The topological polar surface area (TPSA) is 29.5 Å². The van der Waals surface area contributed by atoms with Gasteiger partial charge < -0.3 is 9.84 Å². The van der Waals surface area contributed by atoms with Crippen LogP contribution in [0.1, 0.15) is 18.6 Å². The van der Waals surface area contributed by atoms with E-state index in [1.807, 2.05) is 0 Å². The normalized spacial score (nSPS) is 12.3. The second kappa shape index (κ2) is 6.19. The van der Waals surface area contributed by atoms with Crippen LogP contribution < -0.4 is 4.74 Å². The molecule has 20 heavy (non-hydrogen) atoms. The smallest absolute Gasteiger partial charge is 0.168 e. The molecule has 0 aliphatic heterocycles. The molecule has 0 saturated heterocycles. The second-order valence-corrected chi connectivity index (χ2v) is 5.35. The summed E-state index contributed by atoms with van der Waals surface area (Å²) in [6.45, 7) is 1.51. The fraction of sp³-hybridized carbons (Fsp3) is 0.143. The van der Waals surface area contributed by atoms with Gasteiger partial charge in [0.15, 0.2) is 11.6 Å². The highest BCUT2D eigenvalue weighted by molar-refractivity contribution is 6.43. The Hall–Kier alpha value is -1.000. The van der Waals surface area contributed by atoms with Crippen molar-refractivity contribution in [3.8, 4) is 11.5 Å². The van der Waals surface area contributed by atoms with E-state index in [2.05, 4.69) is 0 Å². The molecule has 0 aliphatic carbocycles. The summed E-state index contributed by atoms with van der Waals surface area (Å²) in [5.74, 6) is -0.540. The highest BCUT2D eigenvalue weighted by Gasteiger charge is 2.17. The van der Waals surface area contributed by atoms with Gasteiger partial charge in [0.2, 0.25) is 0 Å². The Kier molecular flexibility index (Phi) is 4.76. The Labute approximate surface area is 130 Å². The molecule has 0 spiro atoms. The molecule has 0 aliphatic rings. The van der Waals surface area contributed by atoms with Crippen LogP contribution in [0.5, 0.6) is 11.5 Å². The van der Waals surface area contributed by atoms with E-state index >= 15 is 0 Å². The monoisotopic (exact) mass is 334 g/mol. The third-order valence-electron chi connectivity index (χ3n) is 2.63. The number of para-hydroxylation sites is 1. The Morgan fingerprint density at radius 1 is 1.10 bits per heavy atom. The number of ether oxygens (including phenoxy) is 1. The molecule has 2 rings (SSSR count). The van der Waals surface area contributed by atoms with Crippen molar-refractivity contribution in [3.05, 3.63) is 56.8 Å². The molecular weight excluding hydrogens is 326 g/mol. The van der Waals surface area contributed by atoms with Crippen LogP contribution in [0.15, 0.2) is 30.3 Å². The fourth-order valence-corrected chi connectivity index (χ4v) is 2.23. The SMILES string of the molecule is C[C@H](O)c1cccc(F)c1Oc1cc(Cl)c(Cl)cc1Cl. The first-order valence-corrected chi connectivity index (χ1v) is 6.82. The lowest BCUT2D eigenvalue weighted by molar-refractivity contribution is 0.194. The Bertz CT molecular complexity index is 645. The van der Waals surface area contributed by atoms with Crippen LogP contribution in [0.2, 0.25) is 15.1 Å². The maximum Gasteiger partial charge on any atom is 0.168 e. The number of aliphatic hydroxyl groups is 1. The van der Waals surface area contributed by atoms with Gasteiger partial charge in [0.1, 0.15) is 5.75 Å². The third-order valence-corrected chi connectivity index (χ3v) is 3.65. The summed E-state index contributed by atoms with van der Waals surface area (Å²) in [5, 5.41) is 10.4. The third kappa shape index (κ3) is 3.18. The maximum atomic E-state index is 13.9. The number of rotatable bonds is 3. The summed E-state index contributed by atoms with van der Waals surface area (Å²) in [7, 11) is 0. The van der Waals surface area contributed by atoms with Gasteiger partial charge >= 0.3 is 0 Å². The van der Waals surface area contributed by atoms with Crippen molar-refractivity contribution in [2.75, 3.05) is 0 Å². The van der Waals surface area contributed by atoms with E-state index < -0.39 is 11.9 Å². The number of benzene rings is 2. The van der Waals surface area contributed by atoms with Gasteiger partial charge in [-0.05, 0) is 19.1 Å². The molecule has 2 aromatic rings. The van der Waals surface area contributed by atoms with E-state index in [0.717, 1.165) is 0 Å². The molecule has 0 heterocycles. The van der Waals surface area contributed by atoms with Crippen LogP contribution in [0.25, 0.3) is 0 Å². The second-order valence-electron chi connectivity index (χ2n) is 4.13. The molecule has 2 aromatic carbocycles. The Morgan fingerprint density at radius 3 is 2.40 bits per heavy atom. The lowest BCUT2D eigenvalue weighted by Crippen LogP contribution is -1.99. The molecule has 0 radical (unpaired) electrons. The zero-order valence-electron chi connectivity index (χ0n) is 10.3. The molecule has 0 saturated carbocycles. The minimum atomic E-state index is -0.887. The Morgan fingerprint density at radius 2 is 1.75 bits per heavy atom. The fourth-order valence-electron chi connectivity index (χ4n) is 1.65. The van der Waals surface area contributed by atoms with E-state index in [1.165, 1.54) is 31.2 Å². The molecule has 0 amide bonds. The molecule has 106 valence electrons. The highest BCUT2D eigenvalue weighted by Crippen LogP contribution is 2.39. The maximum absolute atomic E-state index is 13.9. The average Bonchev–Trinajstić information content (AvgIpc) is 2.37. The van der Waals surface area contributed by atoms with Crippen molar-refractivity contribution < 1.29 is 14.2 Å². The first-order valence-electron chi connectivity index (χ1n) is 5.69. The molecule has 0 aromatic heterocycles. The van der Waals surface area contributed by atoms with Crippen molar-refractivity contribution in [2.45, 2.75) is 13.0 Å². The van der Waals surface area contributed by atoms with Crippen LogP contribution in [-0.2, 0) is 0 Å². The number of hydrogen-bond donors (Lipinski definition) is 1. The molecule has 0 bridgehead atoms. The van der Waals surface area contributed by atoms with E-state index in [9.17, 15) is 9.50 Å². The number of halogens is 4. The summed E-state index contributed by atoms with van der Waals surface area (Å²) < 4.78 is 19.3. The molecule has 0 unspecified atom stereocenters. The first kappa shape index (κ1) is 15.4. The average molecular weight is 336 g/mol. The summed E-state index contributed by atoms with van der Waals surface area (Å²) in [6.07, 6.45) is -0.887. The van der Waals surface area contributed by atoms with Crippen molar-refractivity contribution >= 4 is 34.8 Å². The van der Waals surface area contributed by atoms with Gasteiger partial charge in [-0.25, -0.2) is 4.39 Å². The van der Waals surface area contributed by atoms with Crippen LogP contribution in [0, 0.1) is 5.82 Å². The van der Waals surface area contributed by atoms with E-state index in [1.54, 1.807) is 6.07 Å². The van der Waals surface area contributed by atoms with Gasteiger partial charge in [-0.2, -0.15) is 0 Å². The highest BCUT2D eigenvalue weighted by atomic mass is 35.5. The summed E-state index contributed by atoms with van der Waals surface area (Å²) in [6, 6.07) is 7.08. The van der Waals surface area contributed by atoms with Crippen LogP contribution >= 0.6 is 34.8 Å². The quantitative estimate of drug-likeness (QED) is 0.736. The van der Waals surface area contributed by atoms with Crippen LogP contribution in [0.3, 0.4) is 0 Å². The molecule has 0 fully saturated rings. The number of aliphatic hydroxyl groups excluding tert-OH is 1. The van der Waals surface area contributed by atoms with E-state index in [4.69, 9.17) is 39.5 Å². The first-order chi connectivity index (χ1) is 9.40. The zero-order chi connectivity index (χ0) is 14.9. The largest absolute Gasteiger partial charge is 0.452 e. The molecular formula is C14H10Cl3FO2. The summed E-state index contributed by atoms with van der Waals surface area (Å²) in [4.78, 5) is 0. The predicted octanol–water partition coefficient (Wildman–Crippen LogP) is 5.63. The molecule has 2 nitrogen and oxygen atoms in total. The zero-order valence-corrected chi connectivity index (χ0v) is 12.6. The van der Waals surface area contributed by atoms with Crippen molar-refractivity contribution in [3.63, 3.8) is 0 Å². The Balaban J connectivity index is 2.47. The van der Waals surface area contributed by atoms with Crippen LogP contribution in [-0.4, -0.2) is 5.11 Å². The summed E-state index contributed by atoms with van der Waals surface area (Å²) in [5.41, 5.74) is 0.312. The lowest BCUT2D eigenvalue weighted by Gasteiger charge is -2.15.